The Morgan fingerprint density at radius 1 is 1.18 bits per heavy atom. The number of rotatable bonds is 7. The van der Waals surface area contributed by atoms with Gasteiger partial charge < -0.3 is 15.4 Å². The molecule has 1 aromatic carbocycles. The molecule has 3 aromatic rings. The number of benzene rings is 1. The number of likely N-dealkylation sites (N-methyl/N-ethyl adjacent to an activating group) is 1. The number of ether oxygens (including phenoxy) is 1. The second kappa shape index (κ2) is 9.05. The van der Waals surface area contributed by atoms with Crippen LogP contribution in [-0.2, 0) is 4.79 Å². The van der Waals surface area contributed by atoms with Crippen LogP contribution in [0.4, 0.5) is 5.69 Å². The van der Waals surface area contributed by atoms with E-state index in [1.54, 1.807) is 49.6 Å². The molecule has 0 saturated carbocycles. The van der Waals surface area contributed by atoms with Crippen LogP contribution >= 0.6 is 11.3 Å². The largest absolute Gasteiger partial charge is 0.484 e. The second-order valence-corrected chi connectivity index (χ2v) is 6.73. The summed E-state index contributed by atoms with van der Waals surface area (Å²) >= 11 is 1.23. The van der Waals surface area contributed by atoms with Gasteiger partial charge >= 0.3 is 0 Å². The number of nitrogens with one attached hydrogen (secondary N) is 2. The third-order valence-corrected chi connectivity index (χ3v) is 4.75. The van der Waals surface area contributed by atoms with E-state index in [1.807, 2.05) is 6.92 Å². The van der Waals surface area contributed by atoms with E-state index in [0.29, 0.717) is 39.4 Å². The van der Waals surface area contributed by atoms with Crippen molar-refractivity contribution in [1.82, 2.24) is 20.3 Å². The van der Waals surface area contributed by atoms with E-state index in [2.05, 4.69) is 25.6 Å². The smallest absolute Gasteiger partial charge is 0.267 e. The van der Waals surface area contributed by atoms with Crippen molar-refractivity contribution in [2.75, 3.05) is 18.5 Å². The van der Waals surface area contributed by atoms with Crippen molar-refractivity contribution in [3.05, 3.63) is 53.3 Å². The quantitative estimate of drug-likeness (QED) is 0.635. The Labute approximate surface area is 166 Å². The molecule has 144 valence electrons. The summed E-state index contributed by atoms with van der Waals surface area (Å²) in [7, 11) is 0. The van der Waals surface area contributed by atoms with Crippen LogP contribution in [0, 0.1) is 6.92 Å². The normalized spacial score (nSPS) is 10.4. The lowest BCUT2D eigenvalue weighted by Crippen LogP contribution is -2.28. The van der Waals surface area contributed by atoms with Crippen LogP contribution in [0.2, 0.25) is 0 Å². The Hall–Kier alpha value is -3.33. The van der Waals surface area contributed by atoms with Crippen LogP contribution in [0.15, 0.2) is 42.7 Å². The molecule has 0 saturated heterocycles. The fraction of sp³-hybridized carbons (Fsp3) is 0.211. The molecule has 2 aromatic heterocycles. The minimum atomic E-state index is -0.280. The predicted molar refractivity (Wildman–Crippen MR) is 106 cm³/mol. The van der Waals surface area contributed by atoms with Gasteiger partial charge in [0.15, 0.2) is 17.4 Å². The van der Waals surface area contributed by atoms with Gasteiger partial charge in [0.05, 0.1) is 5.69 Å². The molecule has 8 nitrogen and oxygen atoms in total. The molecule has 0 unspecified atom stereocenters. The molecule has 0 atom stereocenters. The third-order valence-electron chi connectivity index (χ3n) is 3.60. The van der Waals surface area contributed by atoms with Crippen molar-refractivity contribution in [2.24, 2.45) is 0 Å². The number of carbonyl (C=O) groups excluding carboxylic acids is 2. The van der Waals surface area contributed by atoms with Gasteiger partial charge in [0.2, 0.25) is 0 Å². The van der Waals surface area contributed by atoms with E-state index >= 15 is 0 Å². The topological polar surface area (TPSA) is 106 Å². The SMILES string of the molecule is CCNC(=O)COc1cccc(NC(=O)c2sc(-c3ncccn3)nc2C)c1. The highest BCUT2D eigenvalue weighted by molar-refractivity contribution is 7.17. The number of carbonyl (C=O) groups is 2. The lowest BCUT2D eigenvalue weighted by molar-refractivity contribution is -0.122. The lowest BCUT2D eigenvalue weighted by atomic mass is 10.3. The molecule has 0 aliphatic carbocycles. The fourth-order valence-corrected chi connectivity index (χ4v) is 3.27. The van der Waals surface area contributed by atoms with E-state index in [4.69, 9.17) is 4.74 Å². The highest BCUT2D eigenvalue weighted by Crippen LogP contribution is 2.26. The molecule has 0 fully saturated rings. The summed E-state index contributed by atoms with van der Waals surface area (Å²) in [6, 6.07) is 8.59. The highest BCUT2D eigenvalue weighted by atomic mass is 32.1. The maximum Gasteiger partial charge on any atom is 0.267 e. The highest BCUT2D eigenvalue weighted by Gasteiger charge is 2.17. The van der Waals surface area contributed by atoms with Gasteiger partial charge in [-0.15, -0.1) is 11.3 Å². The van der Waals surface area contributed by atoms with Crippen molar-refractivity contribution in [3.63, 3.8) is 0 Å². The number of nitrogens with zero attached hydrogens (tertiary/aromatic N) is 3. The van der Waals surface area contributed by atoms with Gasteiger partial charge in [-0.2, -0.15) is 0 Å². The predicted octanol–water partition coefficient (Wildman–Crippen LogP) is 2.68. The van der Waals surface area contributed by atoms with Gasteiger partial charge in [0, 0.05) is 30.7 Å². The molecule has 2 heterocycles. The maximum absolute atomic E-state index is 12.7. The summed E-state index contributed by atoms with van der Waals surface area (Å²) < 4.78 is 5.44. The first-order chi connectivity index (χ1) is 13.6. The van der Waals surface area contributed by atoms with E-state index in [1.165, 1.54) is 11.3 Å². The van der Waals surface area contributed by atoms with E-state index in [9.17, 15) is 9.59 Å². The minimum absolute atomic E-state index is 0.0837. The van der Waals surface area contributed by atoms with Crippen LogP contribution in [0.3, 0.4) is 0 Å². The Morgan fingerprint density at radius 3 is 2.71 bits per heavy atom. The number of anilines is 1. The van der Waals surface area contributed by atoms with E-state index in [-0.39, 0.29) is 18.4 Å². The van der Waals surface area contributed by atoms with Gasteiger partial charge in [-0.25, -0.2) is 15.0 Å². The van der Waals surface area contributed by atoms with Crippen LogP contribution < -0.4 is 15.4 Å². The Bertz CT molecular complexity index is 975. The molecule has 0 radical (unpaired) electrons. The first-order valence-electron chi connectivity index (χ1n) is 8.62. The molecule has 0 aliphatic heterocycles. The second-order valence-electron chi connectivity index (χ2n) is 5.73. The summed E-state index contributed by atoms with van der Waals surface area (Å²) in [5, 5.41) is 6.07. The van der Waals surface area contributed by atoms with Crippen LogP contribution in [0.1, 0.15) is 22.3 Å². The van der Waals surface area contributed by atoms with Crippen LogP contribution in [-0.4, -0.2) is 39.9 Å². The van der Waals surface area contributed by atoms with Crippen molar-refractivity contribution in [2.45, 2.75) is 13.8 Å². The van der Waals surface area contributed by atoms with Crippen molar-refractivity contribution in [3.8, 4) is 16.6 Å². The summed E-state index contributed by atoms with van der Waals surface area (Å²) in [6.07, 6.45) is 3.26. The molecule has 2 amide bonds. The maximum atomic E-state index is 12.7. The summed E-state index contributed by atoms with van der Waals surface area (Å²) in [5.74, 6) is 0.491. The van der Waals surface area contributed by atoms with E-state index < -0.39 is 0 Å². The van der Waals surface area contributed by atoms with Crippen molar-refractivity contribution < 1.29 is 14.3 Å². The fourth-order valence-electron chi connectivity index (χ4n) is 2.36. The summed E-state index contributed by atoms with van der Waals surface area (Å²) in [6.45, 7) is 4.07. The molecular weight excluding hydrogens is 378 g/mol. The molecule has 9 heteroatoms. The molecular formula is C19H19N5O3S. The average molecular weight is 397 g/mol. The first kappa shape index (κ1) is 19.4. The molecule has 0 spiro atoms. The average Bonchev–Trinajstić information content (AvgIpc) is 3.09. The third kappa shape index (κ3) is 4.89. The lowest BCUT2D eigenvalue weighted by Gasteiger charge is -2.09. The summed E-state index contributed by atoms with van der Waals surface area (Å²) in [5.41, 5.74) is 1.16. The van der Waals surface area contributed by atoms with Gasteiger partial charge in [0.1, 0.15) is 10.6 Å². The standard InChI is InChI=1S/C19H19N5O3S/c1-3-20-15(25)11-27-14-7-4-6-13(10-14)24-18(26)16-12(2)23-19(28-16)17-21-8-5-9-22-17/h4-10H,3,11H2,1-2H3,(H,20,25)(H,24,26). The number of amides is 2. The van der Waals surface area contributed by atoms with Crippen LogP contribution in [0.25, 0.3) is 10.8 Å². The van der Waals surface area contributed by atoms with Gasteiger partial charge in [-0.05, 0) is 32.0 Å². The number of aromatic nitrogens is 3. The number of aryl methyl sites for hydroxylation is 1. The van der Waals surface area contributed by atoms with E-state index in [0.717, 1.165) is 0 Å². The molecule has 28 heavy (non-hydrogen) atoms. The zero-order chi connectivity index (χ0) is 19.9. The Kier molecular flexibility index (Phi) is 6.28. The molecule has 0 bridgehead atoms. The molecule has 2 N–H and O–H groups in total. The van der Waals surface area contributed by atoms with Crippen molar-refractivity contribution in [1.29, 1.82) is 0 Å². The summed E-state index contributed by atoms with van der Waals surface area (Å²) in [4.78, 5) is 37.4. The first-order valence-corrected chi connectivity index (χ1v) is 9.44. The monoisotopic (exact) mass is 397 g/mol. The number of hydrogen-bond donors (Lipinski definition) is 2. The van der Waals surface area contributed by atoms with Crippen molar-refractivity contribution >= 4 is 28.8 Å². The van der Waals surface area contributed by atoms with Crippen LogP contribution in [0.5, 0.6) is 5.75 Å². The Morgan fingerprint density at radius 2 is 1.96 bits per heavy atom. The van der Waals surface area contributed by atoms with Gasteiger partial charge in [-0.3, -0.25) is 9.59 Å². The van der Waals surface area contributed by atoms with Gasteiger partial charge in [0.25, 0.3) is 11.8 Å². The number of thiazole rings is 1. The molecule has 0 aliphatic rings. The Balaban J connectivity index is 1.69. The van der Waals surface area contributed by atoms with Gasteiger partial charge in [-0.1, -0.05) is 6.07 Å². The molecule has 3 rings (SSSR count). The zero-order valence-corrected chi connectivity index (χ0v) is 16.2. The number of hydrogen-bond acceptors (Lipinski definition) is 7. The zero-order valence-electron chi connectivity index (χ0n) is 15.4. The minimum Gasteiger partial charge on any atom is -0.484 e.